The van der Waals surface area contributed by atoms with E-state index in [0.717, 1.165) is 13.0 Å². The number of aliphatic hydroxyl groups excluding tert-OH is 1. The molecule has 5 nitrogen and oxygen atoms in total. The van der Waals surface area contributed by atoms with Gasteiger partial charge in [0, 0.05) is 6.54 Å². The van der Waals surface area contributed by atoms with Crippen molar-refractivity contribution in [1.82, 2.24) is 5.32 Å². The Morgan fingerprint density at radius 2 is 2.08 bits per heavy atom. The molecule has 0 aliphatic carbocycles. The largest absolute Gasteiger partial charge is 0.391 e. The van der Waals surface area contributed by atoms with E-state index in [9.17, 15) is 4.57 Å². The smallest absolute Gasteiger partial charge is 0.328 e. The number of nitrogens with one attached hydrogen (secondary N) is 1. The maximum atomic E-state index is 10.4. The Kier molecular flexibility index (Phi) is 5.70. The molecule has 74 valence electrons. The van der Waals surface area contributed by atoms with Crippen molar-refractivity contribution in [3.63, 3.8) is 0 Å². The maximum Gasteiger partial charge on any atom is 0.328 e. The molecule has 0 radical (unpaired) electrons. The summed E-state index contributed by atoms with van der Waals surface area (Å²) < 4.78 is 10.4. The fourth-order valence-corrected chi connectivity index (χ4v) is 1.46. The van der Waals surface area contributed by atoms with Crippen molar-refractivity contribution < 1.29 is 19.5 Å². The van der Waals surface area contributed by atoms with Crippen LogP contribution in [-0.4, -0.2) is 40.2 Å². The summed E-state index contributed by atoms with van der Waals surface area (Å²) in [4.78, 5) is 16.9. The molecule has 0 aromatic carbocycles. The van der Waals surface area contributed by atoms with Crippen molar-refractivity contribution in [2.75, 3.05) is 19.3 Å². The molecule has 0 bridgehead atoms. The summed E-state index contributed by atoms with van der Waals surface area (Å²) >= 11 is 0. The molecular formula is C6H16NO4P. The van der Waals surface area contributed by atoms with Gasteiger partial charge < -0.3 is 20.2 Å². The molecule has 0 saturated carbocycles. The second kappa shape index (κ2) is 5.67. The summed E-state index contributed by atoms with van der Waals surface area (Å²) in [6.45, 7) is 2.96. The van der Waals surface area contributed by atoms with Crippen LogP contribution in [-0.2, 0) is 4.57 Å². The van der Waals surface area contributed by atoms with Gasteiger partial charge in [0.2, 0.25) is 0 Å². The van der Waals surface area contributed by atoms with Gasteiger partial charge in [0.05, 0.1) is 12.3 Å². The third-order valence-electron chi connectivity index (χ3n) is 1.26. The molecule has 0 saturated heterocycles. The average Bonchev–Trinajstić information content (AvgIpc) is 1.84. The molecule has 0 fully saturated rings. The topological polar surface area (TPSA) is 89.8 Å². The lowest BCUT2D eigenvalue weighted by Crippen LogP contribution is -2.29. The van der Waals surface area contributed by atoms with Gasteiger partial charge in [-0.2, -0.15) is 0 Å². The van der Waals surface area contributed by atoms with Gasteiger partial charge in [-0.3, -0.25) is 4.57 Å². The first kappa shape index (κ1) is 12.1. The highest BCUT2D eigenvalue weighted by atomic mass is 31.2. The second-order valence-corrected chi connectivity index (χ2v) is 4.40. The van der Waals surface area contributed by atoms with E-state index >= 15 is 0 Å². The molecule has 0 aliphatic rings. The maximum absolute atomic E-state index is 10.4. The Bertz CT molecular complexity index is 158. The standard InChI is InChI=1S/C6H16NO4P/c1-2-3-7-4-6(8)5-12(9,10)11/h6-8H,2-5H2,1H3,(H2,9,10,11). The monoisotopic (exact) mass is 197 g/mol. The van der Waals surface area contributed by atoms with Gasteiger partial charge in [0.25, 0.3) is 0 Å². The van der Waals surface area contributed by atoms with Gasteiger partial charge in [0.1, 0.15) is 0 Å². The molecule has 12 heavy (non-hydrogen) atoms. The molecule has 0 aromatic heterocycles. The van der Waals surface area contributed by atoms with Crippen LogP contribution in [0.5, 0.6) is 0 Å². The van der Waals surface area contributed by atoms with E-state index in [1.807, 2.05) is 6.92 Å². The first-order valence-corrected chi connectivity index (χ1v) is 5.69. The first-order chi connectivity index (χ1) is 5.45. The fraction of sp³-hybridized carbons (Fsp3) is 1.00. The zero-order chi connectivity index (χ0) is 9.61. The summed E-state index contributed by atoms with van der Waals surface area (Å²) in [6.07, 6.45) is -0.496. The van der Waals surface area contributed by atoms with Crippen LogP contribution in [0.4, 0.5) is 0 Å². The fourth-order valence-electron chi connectivity index (χ4n) is 0.785. The summed E-state index contributed by atoms with van der Waals surface area (Å²) in [6, 6.07) is 0. The van der Waals surface area contributed by atoms with E-state index in [1.54, 1.807) is 0 Å². The molecule has 0 aliphatic heterocycles. The molecule has 4 N–H and O–H groups in total. The molecule has 0 heterocycles. The van der Waals surface area contributed by atoms with Crippen LogP contribution >= 0.6 is 7.60 Å². The minimum Gasteiger partial charge on any atom is -0.391 e. The lowest BCUT2D eigenvalue weighted by atomic mass is 10.4. The molecule has 1 unspecified atom stereocenters. The van der Waals surface area contributed by atoms with Crippen LogP contribution in [0.2, 0.25) is 0 Å². The van der Waals surface area contributed by atoms with Crippen LogP contribution < -0.4 is 5.32 Å². The number of hydrogen-bond acceptors (Lipinski definition) is 3. The van der Waals surface area contributed by atoms with Crippen molar-refractivity contribution in [2.24, 2.45) is 0 Å². The summed E-state index contributed by atoms with van der Waals surface area (Å²) in [5.74, 6) is 0. The zero-order valence-electron chi connectivity index (χ0n) is 7.10. The highest BCUT2D eigenvalue weighted by Crippen LogP contribution is 2.34. The molecule has 1 atom stereocenters. The highest BCUT2D eigenvalue weighted by molar-refractivity contribution is 7.51. The van der Waals surface area contributed by atoms with E-state index in [1.165, 1.54) is 0 Å². The molecular weight excluding hydrogens is 181 g/mol. The van der Waals surface area contributed by atoms with Crippen LogP contribution in [0.25, 0.3) is 0 Å². The summed E-state index contributed by atoms with van der Waals surface area (Å²) in [5, 5.41) is 11.9. The summed E-state index contributed by atoms with van der Waals surface area (Å²) in [7, 11) is -4.06. The Morgan fingerprint density at radius 1 is 1.50 bits per heavy atom. The Hall–Kier alpha value is 0.0700. The molecule has 0 spiro atoms. The van der Waals surface area contributed by atoms with Crippen LogP contribution in [0.1, 0.15) is 13.3 Å². The Labute approximate surface area is 72.0 Å². The van der Waals surface area contributed by atoms with Crippen molar-refractivity contribution in [3.05, 3.63) is 0 Å². The van der Waals surface area contributed by atoms with Crippen LogP contribution in [0, 0.1) is 0 Å². The van der Waals surface area contributed by atoms with Gasteiger partial charge in [-0.15, -0.1) is 0 Å². The normalized spacial score (nSPS) is 14.7. The summed E-state index contributed by atoms with van der Waals surface area (Å²) in [5.41, 5.74) is 0. The highest BCUT2D eigenvalue weighted by Gasteiger charge is 2.18. The van der Waals surface area contributed by atoms with Crippen molar-refractivity contribution >= 4 is 7.60 Å². The van der Waals surface area contributed by atoms with Crippen molar-refractivity contribution in [2.45, 2.75) is 19.4 Å². The van der Waals surface area contributed by atoms with Crippen molar-refractivity contribution in [1.29, 1.82) is 0 Å². The lowest BCUT2D eigenvalue weighted by Gasteiger charge is -2.11. The van der Waals surface area contributed by atoms with Gasteiger partial charge >= 0.3 is 7.60 Å². The minimum atomic E-state index is -4.06. The Balaban J connectivity index is 3.46. The second-order valence-electron chi connectivity index (χ2n) is 2.71. The van der Waals surface area contributed by atoms with Gasteiger partial charge in [-0.25, -0.2) is 0 Å². The molecule has 0 aromatic rings. The van der Waals surface area contributed by atoms with Crippen LogP contribution in [0.15, 0.2) is 0 Å². The minimum absolute atomic E-state index is 0.235. The zero-order valence-corrected chi connectivity index (χ0v) is 8.00. The Morgan fingerprint density at radius 3 is 2.50 bits per heavy atom. The number of rotatable bonds is 6. The van der Waals surface area contributed by atoms with Gasteiger partial charge in [-0.1, -0.05) is 6.92 Å². The van der Waals surface area contributed by atoms with Crippen molar-refractivity contribution in [3.8, 4) is 0 Å². The number of hydrogen-bond donors (Lipinski definition) is 4. The predicted molar refractivity (Wildman–Crippen MR) is 46.1 cm³/mol. The average molecular weight is 197 g/mol. The quantitative estimate of drug-likeness (QED) is 0.341. The van der Waals surface area contributed by atoms with E-state index < -0.39 is 19.9 Å². The number of aliphatic hydroxyl groups is 1. The van der Waals surface area contributed by atoms with E-state index in [0.29, 0.717) is 0 Å². The molecule has 0 rings (SSSR count). The molecule has 6 heteroatoms. The third kappa shape index (κ3) is 8.17. The SMILES string of the molecule is CCCNCC(O)CP(=O)(O)O. The molecule has 0 amide bonds. The van der Waals surface area contributed by atoms with E-state index in [2.05, 4.69) is 5.32 Å². The van der Waals surface area contributed by atoms with Gasteiger partial charge in [-0.05, 0) is 13.0 Å². The first-order valence-electron chi connectivity index (χ1n) is 3.89. The van der Waals surface area contributed by atoms with E-state index in [4.69, 9.17) is 14.9 Å². The predicted octanol–water partition coefficient (Wildman–Crippen LogP) is -0.475. The van der Waals surface area contributed by atoms with E-state index in [-0.39, 0.29) is 6.54 Å². The lowest BCUT2D eigenvalue weighted by molar-refractivity contribution is 0.185. The van der Waals surface area contributed by atoms with Crippen LogP contribution in [0.3, 0.4) is 0 Å². The third-order valence-corrected chi connectivity index (χ3v) is 2.15. The van der Waals surface area contributed by atoms with Gasteiger partial charge in [0.15, 0.2) is 0 Å².